The summed E-state index contributed by atoms with van der Waals surface area (Å²) in [5.41, 5.74) is 2.36. The molecule has 0 saturated carbocycles. The van der Waals surface area contributed by atoms with Crippen LogP contribution >= 0.6 is 0 Å². The molecule has 0 fully saturated rings. The first-order valence-corrected chi connectivity index (χ1v) is 6.08. The number of hydrogen-bond donors (Lipinski definition) is 0. The Balaban J connectivity index is 0.00000121. The van der Waals surface area contributed by atoms with Gasteiger partial charge in [0.05, 0.1) is 7.11 Å². The molecule has 0 N–H and O–H groups in total. The van der Waals surface area contributed by atoms with Crippen LogP contribution in [-0.2, 0) is 4.74 Å². The standard InChI is InChI=1S/C13H18O2.C2H6/c1-11-7-8-13(15-3)12(10-11)6-4-5-9-14-2;1-2/h4,6-8,10H,5,9H2,1-3H3;1-2H3/b6-4+;. The van der Waals surface area contributed by atoms with Crippen LogP contribution in [0.2, 0.25) is 0 Å². The quantitative estimate of drug-likeness (QED) is 0.717. The van der Waals surface area contributed by atoms with Crippen molar-refractivity contribution < 1.29 is 9.47 Å². The molecule has 96 valence electrons. The van der Waals surface area contributed by atoms with Gasteiger partial charge in [0.2, 0.25) is 0 Å². The van der Waals surface area contributed by atoms with Crippen LogP contribution in [0.15, 0.2) is 24.3 Å². The van der Waals surface area contributed by atoms with Crippen molar-refractivity contribution in [3.63, 3.8) is 0 Å². The lowest BCUT2D eigenvalue weighted by atomic mass is 10.1. The number of hydrogen-bond acceptors (Lipinski definition) is 2. The van der Waals surface area contributed by atoms with Crippen molar-refractivity contribution in [3.8, 4) is 5.75 Å². The van der Waals surface area contributed by atoms with Gasteiger partial charge < -0.3 is 9.47 Å². The molecule has 0 aliphatic carbocycles. The molecule has 0 aliphatic rings. The molecule has 1 aromatic carbocycles. The minimum Gasteiger partial charge on any atom is -0.496 e. The van der Waals surface area contributed by atoms with E-state index in [9.17, 15) is 0 Å². The molecule has 0 atom stereocenters. The highest BCUT2D eigenvalue weighted by Crippen LogP contribution is 2.21. The van der Waals surface area contributed by atoms with Crippen LogP contribution in [0.25, 0.3) is 6.08 Å². The Morgan fingerprint density at radius 3 is 2.47 bits per heavy atom. The van der Waals surface area contributed by atoms with E-state index in [0.29, 0.717) is 0 Å². The van der Waals surface area contributed by atoms with E-state index in [4.69, 9.17) is 9.47 Å². The predicted octanol–water partition coefficient (Wildman–Crippen LogP) is 4.08. The molecular formula is C15H24O2. The first kappa shape index (κ1) is 15.7. The van der Waals surface area contributed by atoms with Crippen molar-refractivity contribution in [2.24, 2.45) is 0 Å². The van der Waals surface area contributed by atoms with Crippen LogP contribution in [0.1, 0.15) is 31.4 Å². The molecule has 1 aromatic rings. The zero-order valence-corrected chi connectivity index (χ0v) is 11.6. The molecule has 17 heavy (non-hydrogen) atoms. The lowest BCUT2D eigenvalue weighted by Crippen LogP contribution is -1.88. The van der Waals surface area contributed by atoms with Gasteiger partial charge in [0.1, 0.15) is 5.75 Å². The minimum atomic E-state index is 0.755. The monoisotopic (exact) mass is 236 g/mol. The van der Waals surface area contributed by atoms with Gasteiger partial charge in [-0.1, -0.05) is 37.6 Å². The molecule has 0 unspecified atom stereocenters. The fourth-order valence-corrected chi connectivity index (χ4v) is 1.38. The van der Waals surface area contributed by atoms with E-state index >= 15 is 0 Å². The van der Waals surface area contributed by atoms with E-state index in [1.54, 1.807) is 14.2 Å². The Bertz CT molecular complexity index is 330. The third-order valence-corrected chi connectivity index (χ3v) is 2.17. The van der Waals surface area contributed by atoms with Gasteiger partial charge in [-0.05, 0) is 25.5 Å². The average Bonchev–Trinajstić information content (AvgIpc) is 2.37. The highest BCUT2D eigenvalue weighted by molar-refractivity contribution is 5.58. The Kier molecular flexibility index (Phi) is 9.17. The lowest BCUT2D eigenvalue weighted by Gasteiger charge is -2.05. The van der Waals surface area contributed by atoms with Gasteiger partial charge in [-0.15, -0.1) is 0 Å². The summed E-state index contributed by atoms with van der Waals surface area (Å²) in [7, 11) is 3.40. The second kappa shape index (κ2) is 9.91. The predicted molar refractivity (Wildman–Crippen MR) is 74.6 cm³/mol. The van der Waals surface area contributed by atoms with Gasteiger partial charge in [0.15, 0.2) is 0 Å². The molecule has 0 heterocycles. The Labute approximate surface area is 105 Å². The van der Waals surface area contributed by atoms with Crippen molar-refractivity contribution in [2.45, 2.75) is 27.2 Å². The van der Waals surface area contributed by atoms with Crippen molar-refractivity contribution in [3.05, 3.63) is 35.4 Å². The van der Waals surface area contributed by atoms with Crippen LogP contribution < -0.4 is 4.74 Å². The van der Waals surface area contributed by atoms with E-state index in [1.165, 1.54) is 5.56 Å². The molecule has 2 heteroatoms. The maximum Gasteiger partial charge on any atom is 0.126 e. The molecule has 0 amide bonds. The smallest absolute Gasteiger partial charge is 0.126 e. The number of methoxy groups -OCH3 is 2. The second-order valence-electron chi connectivity index (χ2n) is 3.43. The van der Waals surface area contributed by atoms with E-state index in [0.717, 1.165) is 24.3 Å². The number of ether oxygens (including phenoxy) is 2. The molecule has 1 rings (SSSR count). The molecule has 0 saturated heterocycles. The zero-order valence-electron chi connectivity index (χ0n) is 11.6. The molecule has 0 spiro atoms. The summed E-state index contributed by atoms with van der Waals surface area (Å²) in [6.45, 7) is 6.83. The van der Waals surface area contributed by atoms with Gasteiger partial charge in [0, 0.05) is 19.3 Å². The summed E-state index contributed by atoms with van der Waals surface area (Å²) in [6.07, 6.45) is 5.10. The normalized spacial score (nSPS) is 9.94. The molecule has 0 bridgehead atoms. The van der Waals surface area contributed by atoms with Gasteiger partial charge in [-0.3, -0.25) is 0 Å². The van der Waals surface area contributed by atoms with Gasteiger partial charge >= 0.3 is 0 Å². The molecule has 2 nitrogen and oxygen atoms in total. The second-order valence-corrected chi connectivity index (χ2v) is 3.43. The third-order valence-electron chi connectivity index (χ3n) is 2.17. The summed E-state index contributed by atoms with van der Waals surface area (Å²) in [6, 6.07) is 6.15. The van der Waals surface area contributed by atoms with Crippen LogP contribution in [0.3, 0.4) is 0 Å². The maximum atomic E-state index is 5.27. The molecule has 0 aliphatic heterocycles. The maximum absolute atomic E-state index is 5.27. The van der Waals surface area contributed by atoms with Crippen LogP contribution in [0, 0.1) is 6.92 Å². The Morgan fingerprint density at radius 2 is 1.88 bits per heavy atom. The largest absolute Gasteiger partial charge is 0.496 e. The Morgan fingerprint density at radius 1 is 1.18 bits per heavy atom. The zero-order chi connectivity index (χ0) is 13.1. The fraction of sp³-hybridized carbons (Fsp3) is 0.467. The fourth-order valence-electron chi connectivity index (χ4n) is 1.38. The van der Waals surface area contributed by atoms with E-state index in [2.05, 4.69) is 25.1 Å². The summed E-state index contributed by atoms with van der Waals surface area (Å²) in [5, 5.41) is 0. The average molecular weight is 236 g/mol. The highest BCUT2D eigenvalue weighted by atomic mass is 16.5. The molecule has 0 radical (unpaired) electrons. The Hall–Kier alpha value is -1.28. The van der Waals surface area contributed by atoms with Crippen molar-refractivity contribution >= 4 is 6.08 Å². The third kappa shape index (κ3) is 6.12. The highest BCUT2D eigenvalue weighted by Gasteiger charge is 1.98. The van der Waals surface area contributed by atoms with Crippen molar-refractivity contribution in [1.82, 2.24) is 0 Å². The number of rotatable bonds is 5. The first-order chi connectivity index (χ1) is 8.27. The molecular weight excluding hydrogens is 212 g/mol. The lowest BCUT2D eigenvalue weighted by molar-refractivity contribution is 0.204. The van der Waals surface area contributed by atoms with Crippen LogP contribution in [0.4, 0.5) is 0 Å². The van der Waals surface area contributed by atoms with Crippen LogP contribution in [-0.4, -0.2) is 20.8 Å². The summed E-state index contributed by atoms with van der Waals surface area (Å²) < 4.78 is 10.3. The SMILES string of the molecule is CC.COCC/C=C/c1cc(C)ccc1OC. The van der Waals surface area contributed by atoms with Gasteiger partial charge in [0.25, 0.3) is 0 Å². The first-order valence-electron chi connectivity index (χ1n) is 6.08. The minimum absolute atomic E-state index is 0.755. The van der Waals surface area contributed by atoms with Gasteiger partial charge in [-0.2, -0.15) is 0 Å². The van der Waals surface area contributed by atoms with E-state index < -0.39 is 0 Å². The molecule has 0 aromatic heterocycles. The van der Waals surface area contributed by atoms with E-state index in [-0.39, 0.29) is 0 Å². The van der Waals surface area contributed by atoms with Gasteiger partial charge in [-0.25, -0.2) is 0 Å². The van der Waals surface area contributed by atoms with Crippen LogP contribution in [0.5, 0.6) is 5.75 Å². The summed E-state index contributed by atoms with van der Waals surface area (Å²) >= 11 is 0. The summed E-state index contributed by atoms with van der Waals surface area (Å²) in [4.78, 5) is 0. The topological polar surface area (TPSA) is 18.5 Å². The summed E-state index contributed by atoms with van der Waals surface area (Å²) in [5.74, 6) is 0.911. The number of benzene rings is 1. The van der Waals surface area contributed by atoms with Crippen molar-refractivity contribution in [1.29, 1.82) is 0 Å². The van der Waals surface area contributed by atoms with E-state index in [1.807, 2.05) is 26.0 Å². The number of aryl methyl sites for hydroxylation is 1. The van der Waals surface area contributed by atoms with Crippen molar-refractivity contribution in [2.75, 3.05) is 20.8 Å².